The van der Waals surface area contributed by atoms with Crippen molar-refractivity contribution in [3.05, 3.63) is 29.8 Å². The number of hydrogen-bond donors (Lipinski definition) is 2. The Bertz CT molecular complexity index is 573. The van der Waals surface area contributed by atoms with E-state index in [4.69, 9.17) is 0 Å². The van der Waals surface area contributed by atoms with E-state index in [1.165, 1.54) is 0 Å². The van der Waals surface area contributed by atoms with Crippen LogP contribution in [0.2, 0.25) is 0 Å². The molecule has 1 aliphatic heterocycles. The van der Waals surface area contributed by atoms with Gasteiger partial charge in [0, 0.05) is 23.9 Å². The number of nitrogens with zero attached hydrogens (tertiary/aromatic N) is 1. The summed E-state index contributed by atoms with van der Waals surface area (Å²) in [5, 5.41) is 7.02. The fourth-order valence-corrected chi connectivity index (χ4v) is 2.32. The van der Waals surface area contributed by atoms with Gasteiger partial charge in [-0.15, -0.1) is 0 Å². The van der Waals surface area contributed by atoms with Gasteiger partial charge in [0.25, 0.3) is 0 Å². The summed E-state index contributed by atoms with van der Waals surface area (Å²) in [6, 6.07) is 7.60. The van der Waals surface area contributed by atoms with Crippen LogP contribution >= 0.6 is 0 Å². The molecule has 20 heavy (non-hydrogen) atoms. The average molecular weight is 271 g/mol. The van der Waals surface area contributed by atoms with Gasteiger partial charge in [0.1, 0.15) is 0 Å². The standard InChI is InChI=1S/C15H17N3O2/c1-9-8-13(19)17-18-14(9)10-4-6-12(7-5-10)16-15(20)11-2-3-11/h4-7,9,11H,2-3,8H2,1H3,(H,16,20)(H,17,19). The van der Waals surface area contributed by atoms with E-state index < -0.39 is 0 Å². The van der Waals surface area contributed by atoms with E-state index in [0.717, 1.165) is 29.8 Å². The van der Waals surface area contributed by atoms with Crippen LogP contribution in [-0.2, 0) is 9.59 Å². The zero-order valence-corrected chi connectivity index (χ0v) is 11.3. The Hall–Kier alpha value is -2.17. The molecule has 3 rings (SSSR count). The molecule has 1 aromatic carbocycles. The third kappa shape index (κ3) is 2.71. The maximum atomic E-state index is 11.7. The molecule has 104 valence electrons. The third-order valence-corrected chi connectivity index (χ3v) is 3.66. The number of hydrogen-bond acceptors (Lipinski definition) is 3. The van der Waals surface area contributed by atoms with E-state index in [9.17, 15) is 9.59 Å². The number of benzene rings is 1. The highest BCUT2D eigenvalue weighted by Gasteiger charge is 2.29. The predicted molar refractivity (Wildman–Crippen MR) is 76.3 cm³/mol. The molecule has 5 heteroatoms. The molecule has 2 aliphatic rings. The molecule has 2 N–H and O–H groups in total. The SMILES string of the molecule is CC1CC(=O)NN=C1c1ccc(NC(=O)C2CC2)cc1. The van der Waals surface area contributed by atoms with Crippen LogP contribution < -0.4 is 10.7 Å². The molecule has 0 radical (unpaired) electrons. The highest BCUT2D eigenvalue weighted by molar-refractivity contribution is 6.06. The first-order chi connectivity index (χ1) is 9.63. The van der Waals surface area contributed by atoms with Gasteiger partial charge < -0.3 is 5.32 Å². The highest BCUT2D eigenvalue weighted by Crippen LogP contribution is 2.30. The van der Waals surface area contributed by atoms with Crippen LogP contribution in [0.25, 0.3) is 0 Å². The summed E-state index contributed by atoms with van der Waals surface area (Å²) in [4.78, 5) is 22.9. The smallest absolute Gasteiger partial charge is 0.240 e. The number of amides is 2. The van der Waals surface area contributed by atoms with Gasteiger partial charge in [-0.1, -0.05) is 19.1 Å². The molecule has 0 saturated heterocycles. The molecule has 5 nitrogen and oxygen atoms in total. The summed E-state index contributed by atoms with van der Waals surface area (Å²) in [5.41, 5.74) is 5.17. The van der Waals surface area contributed by atoms with Crippen molar-refractivity contribution in [2.45, 2.75) is 26.2 Å². The Morgan fingerprint density at radius 1 is 1.30 bits per heavy atom. The second-order valence-electron chi connectivity index (χ2n) is 5.48. The minimum Gasteiger partial charge on any atom is -0.326 e. The largest absolute Gasteiger partial charge is 0.326 e. The van der Waals surface area contributed by atoms with Crippen molar-refractivity contribution < 1.29 is 9.59 Å². The van der Waals surface area contributed by atoms with Crippen LogP contribution in [0.1, 0.15) is 31.7 Å². The van der Waals surface area contributed by atoms with Crippen molar-refractivity contribution in [3.63, 3.8) is 0 Å². The molecule has 1 aromatic rings. The second kappa shape index (κ2) is 5.07. The van der Waals surface area contributed by atoms with E-state index in [1.807, 2.05) is 31.2 Å². The molecule has 1 aliphatic carbocycles. The Morgan fingerprint density at radius 2 is 2.00 bits per heavy atom. The van der Waals surface area contributed by atoms with Gasteiger partial charge in [-0.25, -0.2) is 5.43 Å². The molecule has 0 bridgehead atoms. The number of anilines is 1. The van der Waals surface area contributed by atoms with Crippen LogP contribution in [-0.4, -0.2) is 17.5 Å². The summed E-state index contributed by atoms with van der Waals surface area (Å²) < 4.78 is 0. The molecular formula is C15H17N3O2. The molecule has 1 unspecified atom stereocenters. The normalized spacial score (nSPS) is 21.9. The topological polar surface area (TPSA) is 70.6 Å². The monoisotopic (exact) mass is 271 g/mol. The minimum absolute atomic E-state index is 0.0467. The molecular weight excluding hydrogens is 254 g/mol. The Morgan fingerprint density at radius 3 is 2.60 bits per heavy atom. The Labute approximate surface area is 117 Å². The fourth-order valence-electron chi connectivity index (χ4n) is 2.32. The quantitative estimate of drug-likeness (QED) is 0.881. The fraction of sp³-hybridized carbons (Fsp3) is 0.400. The third-order valence-electron chi connectivity index (χ3n) is 3.66. The number of carbonyl (C=O) groups is 2. The van der Waals surface area contributed by atoms with Crippen LogP contribution in [0, 0.1) is 11.8 Å². The van der Waals surface area contributed by atoms with Crippen LogP contribution in [0.5, 0.6) is 0 Å². The number of hydrazone groups is 1. The molecule has 0 spiro atoms. The summed E-state index contributed by atoms with van der Waals surface area (Å²) in [6.07, 6.45) is 2.45. The lowest BCUT2D eigenvalue weighted by Gasteiger charge is -2.19. The number of nitrogens with one attached hydrogen (secondary N) is 2. The van der Waals surface area contributed by atoms with E-state index in [-0.39, 0.29) is 23.7 Å². The van der Waals surface area contributed by atoms with Gasteiger partial charge in [0.05, 0.1) is 5.71 Å². The summed E-state index contributed by atoms with van der Waals surface area (Å²) in [5.74, 6) is 0.367. The van der Waals surface area contributed by atoms with Crippen molar-refractivity contribution in [1.82, 2.24) is 5.43 Å². The predicted octanol–water partition coefficient (Wildman–Crippen LogP) is 1.90. The van der Waals surface area contributed by atoms with Gasteiger partial charge in [0.2, 0.25) is 11.8 Å². The first-order valence-electron chi connectivity index (χ1n) is 6.91. The second-order valence-corrected chi connectivity index (χ2v) is 5.48. The molecule has 1 heterocycles. The maximum Gasteiger partial charge on any atom is 0.240 e. The van der Waals surface area contributed by atoms with Crippen LogP contribution in [0.15, 0.2) is 29.4 Å². The van der Waals surface area contributed by atoms with Crippen molar-refractivity contribution in [1.29, 1.82) is 0 Å². The van der Waals surface area contributed by atoms with Crippen molar-refractivity contribution in [2.75, 3.05) is 5.32 Å². The lowest BCUT2D eigenvalue weighted by atomic mass is 9.94. The molecule has 0 aromatic heterocycles. The highest BCUT2D eigenvalue weighted by atomic mass is 16.2. The minimum atomic E-state index is -0.0467. The summed E-state index contributed by atoms with van der Waals surface area (Å²) in [7, 11) is 0. The van der Waals surface area contributed by atoms with Crippen LogP contribution in [0.3, 0.4) is 0 Å². The van der Waals surface area contributed by atoms with Gasteiger partial charge >= 0.3 is 0 Å². The van der Waals surface area contributed by atoms with Gasteiger partial charge in [-0.05, 0) is 30.5 Å². The molecule has 1 saturated carbocycles. The number of carbonyl (C=O) groups excluding carboxylic acids is 2. The number of rotatable bonds is 3. The van der Waals surface area contributed by atoms with Gasteiger partial charge in [0.15, 0.2) is 0 Å². The summed E-state index contributed by atoms with van der Waals surface area (Å²) in [6.45, 7) is 1.99. The van der Waals surface area contributed by atoms with Crippen molar-refractivity contribution >= 4 is 23.2 Å². The first-order valence-corrected chi connectivity index (χ1v) is 6.91. The zero-order valence-electron chi connectivity index (χ0n) is 11.3. The van der Waals surface area contributed by atoms with Crippen LogP contribution in [0.4, 0.5) is 5.69 Å². The van der Waals surface area contributed by atoms with E-state index in [0.29, 0.717) is 6.42 Å². The summed E-state index contributed by atoms with van der Waals surface area (Å²) >= 11 is 0. The molecule has 2 amide bonds. The zero-order chi connectivity index (χ0) is 14.1. The van der Waals surface area contributed by atoms with E-state index in [2.05, 4.69) is 15.8 Å². The molecule has 1 fully saturated rings. The van der Waals surface area contributed by atoms with E-state index >= 15 is 0 Å². The molecule has 1 atom stereocenters. The average Bonchev–Trinajstić information content (AvgIpc) is 3.24. The van der Waals surface area contributed by atoms with Crippen molar-refractivity contribution in [2.24, 2.45) is 16.9 Å². The lowest BCUT2D eigenvalue weighted by molar-refractivity contribution is -0.122. The Balaban J connectivity index is 1.72. The maximum absolute atomic E-state index is 11.7. The van der Waals surface area contributed by atoms with Gasteiger partial charge in [-0.2, -0.15) is 5.10 Å². The first kappa shape index (κ1) is 12.8. The lowest BCUT2D eigenvalue weighted by Crippen LogP contribution is -2.31. The Kier molecular flexibility index (Phi) is 3.26. The van der Waals surface area contributed by atoms with E-state index in [1.54, 1.807) is 0 Å². The van der Waals surface area contributed by atoms with Crippen molar-refractivity contribution in [3.8, 4) is 0 Å². The van der Waals surface area contributed by atoms with Gasteiger partial charge in [-0.3, -0.25) is 9.59 Å².